The minimum absolute atomic E-state index is 0.0692. The molecule has 1 aliphatic rings. The van der Waals surface area contributed by atoms with Crippen LogP contribution >= 0.6 is 0 Å². The van der Waals surface area contributed by atoms with Crippen molar-refractivity contribution in [3.63, 3.8) is 0 Å². The molecule has 1 fully saturated rings. The minimum atomic E-state index is -0.974. The summed E-state index contributed by atoms with van der Waals surface area (Å²) in [5.74, 6) is 0. The number of hydrogen-bond donors (Lipinski definition) is 2. The molecule has 0 aliphatic carbocycles. The van der Waals surface area contributed by atoms with Gasteiger partial charge in [0, 0.05) is 6.04 Å². The van der Waals surface area contributed by atoms with Gasteiger partial charge in [-0.25, -0.2) is 0 Å². The standard InChI is InChI=1S/C15H23NO3/c1-15(2,3)19-14(17)16-12(13-10-18-13)9-11-7-5-4-6-8-11/h4-8,12-14,16-17H,9-10H2,1-3H3/t12-,13+,14?/m0/s1. The van der Waals surface area contributed by atoms with Gasteiger partial charge in [-0.15, -0.1) is 0 Å². The first-order valence-electron chi connectivity index (χ1n) is 6.71. The van der Waals surface area contributed by atoms with Gasteiger partial charge in [0.05, 0.1) is 18.3 Å². The van der Waals surface area contributed by atoms with Crippen LogP contribution in [0.4, 0.5) is 0 Å². The number of hydrogen-bond acceptors (Lipinski definition) is 4. The SMILES string of the molecule is CC(C)(C)OC(O)N[C@@H](Cc1ccccc1)[C@H]1CO1. The molecule has 0 aromatic heterocycles. The second-order valence-corrected chi connectivity index (χ2v) is 5.92. The first-order valence-corrected chi connectivity index (χ1v) is 6.71. The Balaban J connectivity index is 1.90. The molecule has 19 heavy (non-hydrogen) atoms. The van der Waals surface area contributed by atoms with Crippen molar-refractivity contribution < 1.29 is 14.6 Å². The molecule has 2 rings (SSSR count). The molecule has 0 radical (unpaired) electrons. The summed E-state index contributed by atoms with van der Waals surface area (Å²) in [6.07, 6.45) is 0.00660. The van der Waals surface area contributed by atoms with Gasteiger partial charge >= 0.3 is 0 Å². The molecule has 1 heterocycles. The number of nitrogens with one attached hydrogen (secondary N) is 1. The van der Waals surface area contributed by atoms with Crippen LogP contribution in [-0.2, 0) is 15.9 Å². The lowest BCUT2D eigenvalue weighted by molar-refractivity contribution is -0.186. The number of rotatable bonds is 6. The van der Waals surface area contributed by atoms with E-state index in [4.69, 9.17) is 9.47 Å². The summed E-state index contributed by atoms with van der Waals surface area (Å²) in [5, 5.41) is 13.0. The van der Waals surface area contributed by atoms with Crippen molar-refractivity contribution in [2.24, 2.45) is 0 Å². The fraction of sp³-hybridized carbons (Fsp3) is 0.600. The lowest BCUT2D eigenvalue weighted by Gasteiger charge is -2.27. The maximum absolute atomic E-state index is 9.92. The lowest BCUT2D eigenvalue weighted by atomic mass is 10.0. The maximum Gasteiger partial charge on any atom is 0.214 e. The summed E-state index contributed by atoms with van der Waals surface area (Å²) in [6.45, 7) is 6.49. The summed E-state index contributed by atoms with van der Waals surface area (Å²) in [4.78, 5) is 0. The van der Waals surface area contributed by atoms with Crippen molar-refractivity contribution in [1.29, 1.82) is 0 Å². The second-order valence-electron chi connectivity index (χ2n) is 5.92. The topological polar surface area (TPSA) is 54.0 Å². The molecule has 0 bridgehead atoms. The molecule has 4 nitrogen and oxygen atoms in total. The van der Waals surface area contributed by atoms with Crippen molar-refractivity contribution >= 4 is 0 Å². The molecule has 3 atom stereocenters. The van der Waals surface area contributed by atoms with E-state index in [2.05, 4.69) is 17.4 Å². The summed E-state index contributed by atoms with van der Waals surface area (Å²) < 4.78 is 10.8. The Bertz CT molecular complexity index is 384. The third kappa shape index (κ3) is 5.28. The van der Waals surface area contributed by atoms with Gasteiger partial charge in [0.1, 0.15) is 0 Å². The number of epoxide rings is 1. The van der Waals surface area contributed by atoms with Crippen molar-refractivity contribution in [2.45, 2.75) is 51.4 Å². The third-order valence-corrected chi connectivity index (χ3v) is 2.93. The zero-order chi connectivity index (χ0) is 13.9. The van der Waals surface area contributed by atoms with Crippen LogP contribution in [-0.4, -0.2) is 35.9 Å². The fourth-order valence-electron chi connectivity index (χ4n) is 2.01. The van der Waals surface area contributed by atoms with Crippen LogP contribution in [0.15, 0.2) is 30.3 Å². The summed E-state index contributed by atoms with van der Waals surface area (Å²) in [5.41, 5.74) is 0.840. The predicted molar refractivity (Wildman–Crippen MR) is 73.7 cm³/mol. The quantitative estimate of drug-likeness (QED) is 0.607. The highest BCUT2D eigenvalue weighted by molar-refractivity contribution is 5.16. The van der Waals surface area contributed by atoms with Gasteiger partial charge in [-0.3, -0.25) is 5.32 Å². The molecule has 0 amide bonds. The van der Waals surface area contributed by atoms with Gasteiger partial charge in [-0.1, -0.05) is 30.3 Å². The summed E-state index contributed by atoms with van der Waals surface area (Å²) in [6, 6.07) is 10.3. The van der Waals surface area contributed by atoms with E-state index in [9.17, 15) is 5.11 Å². The van der Waals surface area contributed by atoms with E-state index in [0.717, 1.165) is 13.0 Å². The van der Waals surface area contributed by atoms with Crippen molar-refractivity contribution in [3.8, 4) is 0 Å². The molecule has 1 aromatic carbocycles. The Labute approximate surface area is 114 Å². The molecule has 0 spiro atoms. The molecular formula is C15H23NO3. The smallest absolute Gasteiger partial charge is 0.214 e. The summed E-state index contributed by atoms with van der Waals surface area (Å²) in [7, 11) is 0. The van der Waals surface area contributed by atoms with Crippen molar-refractivity contribution in [3.05, 3.63) is 35.9 Å². The molecule has 1 saturated heterocycles. The highest BCUT2D eigenvalue weighted by Gasteiger charge is 2.34. The Morgan fingerprint density at radius 3 is 2.53 bits per heavy atom. The highest BCUT2D eigenvalue weighted by Crippen LogP contribution is 2.19. The Kier molecular flexibility index (Phi) is 4.58. The second kappa shape index (κ2) is 6.01. The monoisotopic (exact) mass is 265 g/mol. The van der Waals surface area contributed by atoms with Gasteiger partial charge < -0.3 is 14.6 Å². The van der Waals surface area contributed by atoms with Crippen molar-refractivity contribution in [1.82, 2.24) is 5.32 Å². The van der Waals surface area contributed by atoms with Gasteiger partial charge in [0.15, 0.2) is 0 Å². The number of aliphatic hydroxyl groups excluding tert-OH is 1. The van der Waals surface area contributed by atoms with E-state index in [1.165, 1.54) is 5.56 Å². The molecule has 0 saturated carbocycles. The van der Waals surface area contributed by atoms with Crippen LogP contribution in [0, 0.1) is 0 Å². The van der Waals surface area contributed by atoms with E-state index < -0.39 is 6.41 Å². The molecule has 106 valence electrons. The number of benzene rings is 1. The first kappa shape index (κ1) is 14.5. The molecule has 4 heteroatoms. The van der Waals surface area contributed by atoms with Crippen LogP contribution in [0.1, 0.15) is 26.3 Å². The zero-order valence-electron chi connectivity index (χ0n) is 11.8. The van der Waals surface area contributed by atoms with Gasteiger partial charge in [0.2, 0.25) is 6.41 Å². The fourth-order valence-corrected chi connectivity index (χ4v) is 2.01. The Hall–Kier alpha value is -0.940. The van der Waals surface area contributed by atoms with Crippen LogP contribution < -0.4 is 5.32 Å². The van der Waals surface area contributed by atoms with Gasteiger partial charge in [-0.05, 0) is 32.8 Å². The van der Waals surface area contributed by atoms with Crippen molar-refractivity contribution in [2.75, 3.05) is 6.61 Å². The average Bonchev–Trinajstić information content (AvgIpc) is 3.10. The average molecular weight is 265 g/mol. The van der Waals surface area contributed by atoms with Crippen LogP contribution in [0.3, 0.4) is 0 Å². The first-order chi connectivity index (χ1) is 8.94. The Morgan fingerprint density at radius 2 is 2.00 bits per heavy atom. The predicted octanol–water partition coefficient (Wildman–Crippen LogP) is 1.68. The zero-order valence-corrected chi connectivity index (χ0v) is 11.8. The van der Waals surface area contributed by atoms with Crippen LogP contribution in [0.25, 0.3) is 0 Å². The van der Waals surface area contributed by atoms with Gasteiger partial charge in [-0.2, -0.15) is 0 Å². The molecular weight excluding hydrogens is 242 g/mol. The maximum atomic E-state index is 9.92. The number of aliphatic hydroxyl groups is 1. The largest absolute Gasteiger partial charge is 0.371 e. The summed E-state index contributed by atoms with van der Waals surface area (Å²) >= 11 is 0. The van der Waals surface area contributed by atoms with E-state index in [0.29, 0.717) is 0 Å². The minimum Gasteiger partial charge on any atom is -0.371 e. The highest BCUT2D eigenvalue weighted by atomic mass is 16.6. The normalized spacial score (nSPS) is 22.0. The molecule has 2 N–H and O–H groups in total. The van der Waals surface area contributed by atoms with Crippen LogP contribution in [0.5, 0.6) is 0 Å². The Morgan fingerprint density at radius 1 is 1.37 bits per heavy atom. The third-order valence-electron chi connectivity index (χ3n) is 2.93. The van der Waals surface area contributed by atoms with E-state index in [1.807, 2.05) is 39.0 Å². The molecule has 1 aromatic rings. The molecule has 1 aliphatic heterocycles. The molecule has 1 unspecified atom stereocenters. The van der Waals surface area contributed by atoms with E-state index >= 15 is 0 Å². The number of ether oxygens (including phenoxy) is 2. The lowest BCUT2D eigenvalue weighted by Crippen LogP contribution is -2.47. The van der Waals surface area contributed by atoms with Gasteiger partial charge in [0.25, 0.3) is 0 Å². The van der Waals surface area contributed by atoms with E-state index in [-0.39, 0.29) is 17.7 Å². The van der Waals surface area contributed by atoms with E-state index in [1.54, 1.807) is 0 Å². The van der Waals surface area contributed by atoms with Crippen LogP contribution in [0.2, 0.25) is 0 Å².